The quantitative estimate of drug-likeness (QED) is 0.410. The van der Waals surface area contributed by atoms with Crippen molar-refractivity contribution in [3.63, 3.8) is 0 Å². The molecular weight excluding hydrogens is 466 g/mol. The molecule has 1 amide bonds. The lowest BCUT2D eigenvalue weighted by Gasteiger charge is -2.28. The van der Waals surface area contributed by atoms with Crippen molar-refractivity contribution in [3.8, 4) is 22.9 Å². The summed E-state index contributed by atoms with van der Waals surface area (Å²) in [5.74, 6) is 2.01. The first-order chi connectivity index (χ1) is 17.1. The van der Waals surface area contributed by atoms with E-state index in [1.165, 1.54) is 0 Å². The number of allylic oxidation sites excluding steroid dienone is 1. The molecule has 0 aliphatic carbocycles. The fraction of sp³-hybridized carbons (Fsp3) is 0.115. The Morgan fingerprint density at radius 3 is 2.66 bits per heavy atom. The fourth-order valence-corrected chi connectivity index (χ4v) is 4.53. The Bertz CT molecular complexity index is 1480. The van der Waals surface area contributed by atoms with Crippen LogP contribution in [0.2, 0.25) is 5.02 Å². The number of hydrogen-bond donors (Lipinski definition) is 2. The Kier molecular flexibility index (Phi) is 5.15. The largest absolute Gasteiger partial charge is 0.454 e. The van der Waals surface area contributed by atoms with E-state index >= 15 is 0 Å². The molecule has 3 aromatic carbocycles. The van der Waals surface area contributed by atoms with Gasteiger partial charge in [0.2, 0.25) is 12.7 Å². The minimum atomic E-state index is -0.562. The number of nitrogens with zero attached hydrogens (tertiary/aromatic N) is 3. The predicted octanol–water partition coefficient (Wildman–Crippen LogP) is 5.25. The van der Waals surface area contributed by atoms with Crippen LogP contribution in [-0.4, -0.2) is 27.5 Å². The van der Waals surface area contributed by atoms with Crippen LogP contribution in [0.5, 0.6) is 11.5 Å². The Balaban J connectivity index is 1.48. The molecule has 2 aliphatic rings. The van der Waals surface area contributed by atoms with Gasteiger partial charge in [0.25, 0.3) is 5.91 Å². The van der Waals surface area contributed by atoms with E-state index in [9.17, 15) is 4.79 Å². The van der Waals surface area contributed by atoms with Crippen LogP contribution in [0, 0.1) is 0 Å². The molecule has 0 bridgehead atoms. The normalized spacial score (nSPS) is 16.0. The zero-order valence-corrected chi connectivity index (χ0v) is 19.4. The molecule has 2 aliphatic heterocycles. The molecule has 0 fully saturated rings. The molecule has 174 valence electrons. The highest BCUT2D eigenvalue weighted by Crippen LogP contribution is 2.41. The van der Waals surface area contributed by atoms with Crippen LogP contribution >= 0.6 is 11.6 Å². The Hall–Kier alpha value is -4.30. The lowest BCUT2D eigenvalue weighted by atomic mass is 9.94. The number of hydrogen-bond acceptors (Lipinski definition) is 6. The van der Waals surface area contributed by atoms with Crippen molar-refractivity contribution in [2.45, 2.75) is 13.0 Å². The van der Waals surface area contributed by atoms with E-state index in [-0.39, 0.29) is 12.7 Å². The average Bonchev–Trinajstić information content (AvgIpc) is 3.50. The maximum absolute atomic E-state index is 13.6. The number of amides is 1. The van der Waals surface area contributed by atoms with Gasteiger partial charge in [-0.2, -0.15) is 4.98 Å². The van der Waals surface area contributed by atoms with Gasteiger partial charge < -0.3 is 20.1 Å². The van der Waals surface area contributed by atoms with Crippen molar-refractivity contribution in [3.05, 3.63) is 94.7 Å². The summed E-state index contributed by atoms with van der Waals surface area (Å²) in [6.07, 6.45) is 0. The number of benzene rings is 3. The number of carbonyl (C=O) groups excluding carboxylic acids is 1. The molecule has 0 saturated heterocycles. The Labute approximate surface area is 206 Å². The molecule has 35 heavy (non-hydrogen) atoms. The summed E-state index contributed by atoms with van der Waals surface area (Å²) in [5, 5.41) is 11.6. The number of para-hydroxylation sites is 1. The smallest absolute Gasteiger partial charge is 0.255 e. The predicted molar refractivity (Wildman–Crippen MR) is 133 cm³/mol. The summed E-state index contributed by atoms with van der Waals surface area (Å²) in [6.45, 7) is 2.01. The van der Waals surface area contributed by atoms with E-state index in [1.54, 1.807) is 10.7 Å². The third-order valence-corrected chi connectivity index (χ3v) is 6.29. The second-order valence-corrected chi connectivity index (χ2v) is 8.59. The monoisotopic (exact) mass is 485 g/mol. The molecule has 0 spiro atoms. The average molecular weight is 486 g/mol. The van der Waals surface area contributed by atoms with Gasteiger partial charge in [0.1, 0.15) is 6.04 Å². The van der Waals surface area contributed by atoms with Gasteiger partial charge in [-0.3, -0.25) is 4.79 Å². The van der Waals surface area contributed by atoms with Crippen molar-refractivity contribution < 1.29 is 14.3 Å². The minimum absolute atomic E-state index is 0.159. The van der Waals surface area contributed by atoms with Crippen LogP contribution < -0.4 is 20.1 Å². The van der Waals surface area contributed by atoms with Gasteiger partial charge in [0, 0.05) is 16.9 Å². The van der Waals surface area contributed by atoms with E-state index in [1.807, 2.05) is 73.7 Å². The molecule has 1 atom stereocenters. The highest BCUT2D eigenvalue weighted by atomic mass is 35.5. The van der Waals surface area contributed by atoms with E-state index < -0.39 is 6.04 Å². The number of aromatic nitrogens is 3. The summed E-state index contributed by atoms with van der Waals surface area (Å²) in [5.41, 5.74) is 3.39. The Morgan fingerprint density at radius 1 is 1.06 bits per heavy atom. The molecule has 9 heteroatoms. The van der Waals surface area contributed by atoms with Crippen molar-refractivity contribution in [2.75, 3.05) is 17.4 Å². The number of halogens is 1. The van der Waals surface area contributed by atoms with Crippen LogP contribution in [0.25, 0.3) is 11.4 Å². The second kappa shape index (κ2) is 8.48. The maximum atomic E-state index is 13.6. The number of nitrogens with one attached hydrogen (secondary N) is 2. The first kappa shape index (κ1) is 21.2. The highest BCUT2D eigenvalue weighted by Gasteiger charge is 2.35. The summed E-state index contributed by atoms with van der Waals surface area (Å²) in [4.78, 5) is 18.3. The molecular formula is C26H20ClN5O3. The maximum Gasteiger partial charge on any atom is 0.255 e. The van der Waals surface area contributed by atoms with E-state index in [0.29, 0.717) is 50.8 Å². The van der Waals surface area contributed by atoms with Gasteiger partial charge in [0.05, 0.1) is 10.6 Å². The molecule has 1 aromatic heterocycles. The third kappa shape index (κ3) is 3.77. The molecule has 3 heterocycles. The summed E-state index contributed by atoms with van der Waals surface area (Å²) < 4.78 is 12.8. The second-order valence-electron chi connectivity index (χ2n) is 8.18. The first-order valence-electron chi connectivity index (χ1n) is 11.0. The Morgan fingerprint density at radius 2 is 1.83 bits per heavy atom. The van der Waals surface area contributed by atoms with Crippen LogP contribution in [0.4, 0.5) is 11.6 Å². The molecule has 2 N–H and O–H groups in total. The van der Waals surface area contributed by atoms with Crippen LogP contribution in [0.3, 0.4) is 0 Å². The summed E-state index contributed by atoms with van der Waals surface area (Å²) in [6, 6.07) is 21.8. The molecule has 0 radical (unpaired) electrons. The van der Waals surface area contributed by atoms with Crippen molar-refractivity contribution >= 4 is 29.1 Å². The lowest BCUT2D eigenvalue weighted by molar-refractivity contribution is -0.113. The highest BCUT2D eigenvalue weighted by molar-refractivity contribution is 6.33. The van der Waals surface area contributed by atoms with Crippen LogP contribution in [0.1, 0.15) is 18.5 Å². The number of carbonyl (C=O) groups is 1. The SMILES string of the molecule is CC1=C(C(=O)Nc2ccccc2)C(c2ccc3c(c2)OCO3)n2nc(-c3ccccc3Cl)nc2N1. The topological polar surface area (TPSA) is 90.3 Å². The van der Waals surface area contributed by atoms with E-state index in [0.717, 1.165) is 5.56 Å². The third-order valence-electron chi connectivity index (χ3n) is 5.96. The zero-order valence-electron chi connectivity index (χ0n) is 18.7. The van der Waals surface area contributed by atoms with E-state index in [4.69, 9.17) is 31.2 Å². The van der Waals surface area contributed by atoms with Gasteiger partial charge in [-0.1, -0.05) is 48.0 Å². The van der Waals surface area contributed by atoms with Crippen molar-refractivity contribution in [1.82, 2.24) is 14.8 Å². The molecule has 6 rings (SSSR count). The van der Waals surface area contributed by atoms with E-state index in [2.05, 4.69) is 10.6 Å². The van der Waals surface area contributed by atoms with Gasteiger partial charge in [-0.25, -0.2) is 4.68 Å². The molecule has 4 aromatic rings. The molecule has 1 unspecified atom stereocenters. The van der Waals surface area contributed by atoms with Gasteiger partial charge in [-0.15, -0.1) is 5.10 Å². The van der Waals surface area contributed by atoms with Crippen LogP contribution in [0.15, 0.2) is 84.1 Å². The number of ether oxygens (including phenoxy) is 2. The van der Waals surface area contributed by atoms with Gasteiger partial charge in [-0.05, 0) is 48.9 Å². The number of anilines is 2. The molecule has 0 saturated carbocycles. The first-order valence-corrected chi connectivity index (χ1v) is 11.4. The summed E-state index contributed by atoms with van der Waals surface area (Å²) >= 11 is 6.42. The van der Waals surface area contributed by atoms with Crippen molar-refractivity contribution in [2.24, 2.45) is 0 Å². The lowest BCUT2D eigenvalue weighted by Crippen LogP contribution is -2.31. The minimum Gasteiger partial charge on any atom is -0.454 e. The zero-order chi connectivity index (χ0) is 23.9. The number of rotatable bonds is 4. The van der Waals surface area contributed by atoms with Gasteiger partial charge >= 0.3 is 0 Å². The van der Waals surface area contributed by atoms with Crippen LogP contribution in [-0.2, 0) is 4.79 Å². The van der Waals surface area contributed by atoms with Crippen molar-refractivity contribution in [1.29, 1.82) is 0 Å². The number of fused-ring (bicyclic) bond motifs is 2. The summed E-state index contributed by atoms with van der Waals surface area (Å²) in [7, 11) is 0. The van der Waals surface area contributed by atoms with Gasteiger partial charge in [0.15, 0.2) is 17.3 Å². The fourth-order valence-electron chi connectivity index (χ4n) is 4.31. The standard InChI is InChI=1S/C26H20ClN5O3/c1-15-22(25(33)29-17-7-3-2-4-8-17)23(16-11-12-20-21(13-16)35-14-34-20)32-26(28-15)30-24(31-32)18-9-5-6-10-19(18)27/h2-13,23H,14H2,1H3,(H,29,33)(H,28,30,31). The molecule has 8 nitrogen and oxygen atoms in total.